The monoisotopic (exact) mass is 321 g/mol. The van der Waals surface area contributed by atoms with Crippen LogP contribution in [-0.2, 0) is 19.6 Å². The van der Waals surface area contributed by atoms with E-state index >= 15 is 0 Å². The summed E-state index contributed by atoms with van der Waals surface area (Å²) in [5.74, 6) is -0.626. The number of carbonyl (C=O) groups is 1. The normalized spacial score (nSPS) is 15.1. The highest BCUT2D eigenvalue weighted by molar-refractivity contribution is 7.90. The molecule has 1 N–H and O–H groups in total. The van der Waals surface area contributed by atoms with Crippen LogP contribution >= 0.6 is 0 Å². The second-order valence-corrected chi connectivity index (χ2v) is 6.81. The first-order valence-corrected chi connectivity index (χ1v) is 8.52. The van der Waals surface area contributed by atoms with Gasteiger partial charge >= 0.3 is 0 Å². The molecule has 22 heavy (non-hydrogen) atoms. The van der Waals surface area contributed by atoms with Gasteiger partial charge in [-0.3, -0.25) is 4.79 Å². The van der Waals surface area contributed by atoms with Gasteiger partial charge in [-0.15, -0.1) is 6.58 Å². The van der Waals surface area contributed by atoms with Gasteiger partial charge in [0.05, 0.1) is 11.5 Å². The van der Waals surface area contributed by atoms with Gasteiger partial charge in [0.2, 0.25) is 0 Å². The number of carbonyl (C=O) groups excluding carboxylic acids is 1. The fraction of sp³-hybridized carbons (Fsp3) is 0.312. The van der Waals surface area contributed by atoms with E-state index in [-0.39, 0.29) is 10.7 Å². The summed E-state index contributed by atoms with van der Waals surface area (Å²) in [4.78, 5) is 12.3. The molecule has 1 heterocycles. The Morgan fingerprint density at radius 1 is 1.36 bits per heavy atom. The van der Waals surface area contributed by atoms with Crippen LogP contribution in [-0.4, -0.2) is 20.9 Å². The summed E-state index contributed by atoms with van der Waals surface area (Å²) in [7, 11) is -3.90. The number of sulfonamides is 1. The number of allylic oxidation sites excluding steroid dienone is 2. The van der Waals surface area contributed by atoms with Gasteiger partial charge in [-0.1, -0.05) is 23.8 Å². The summed E-state index contributed by atoms with van der Waals surface area (Å²) < 4.78 is 31.9. The van der Waals surface area contributed by atoms with Crippen molar-refractivity contribution in [3.05, 3.63) is 53.8 Å². The molecule has 0 radical (unpaired) electrons. The second-order valence-electron chi connectivity index (χ2n) is 5.13. The lowest BCUT2D eigenvalue weighted by Crippen LogP contribution is -2.34. The molecule has 0 spiro atoms. The third-order valence-corrected chi connectivity index (χ3v) is 4.69. The lowest BCUT2D eigenvalue weighted by atomic mass is 10.0. The Bertz CT molecular complexity index is 702. The predicted molar refractivity (Wildman–Crippen MR) is 83.5 cm³/mol. The number of aryl methyl sites for hydroxylation is 1. The summed E-state index contributed by atoms with van der Waals surface area (Å²) in [5.41, 5.74) is 1.72. The fourth-order valence-electron chi connectivity index (χ4n) is 2.22. The molecule has 1 amide bonds. The molecule has 0 bridgehead atoms. The topological polar surface area (TPSA) is 72.5 Å². The molecule has 0 saturated carbocycles. The second kappa shape index (κ2) is 6.79. The molecular weight excluding hydrogens is 302 g/mol. The largest absolute Gasteiger partial charge is 0.488 e. The van der Waals surface area contributed by atoms with Gasteiger partial charge in [0.25, 0.3) is 15.9 Å². The highest BCUT2D eigenvalue weighted by Gasteiger charge is 2.25. The summed E-state index contributed by atoms with van der Waals surface area (Å²) in [6, 6.07) is 6.29. The van der Waals surface area contributed by atoms with E-state index in [1.807, 2.05) is 6.92 Å². The minimum absolute atomic E-state index is 0.0492. The number of amides is 1. The van der Waals surface area contributed by atoms with Crippen LogP contribution in [0.25, 0.3) is 0 Å². The SMILES string of the molecule is C=CCC1=C(C(=O)NS(=O)(=O)c2ccc(C)cc2)OCCC1. The van der Waals surface area contributed by atoms with Gasteiger partial charge in [0, 0.05) is 0 Å². The Kier molecular flexibility index (Phi) is 5.03. The molecule has 0 atom stereocenters. The Labute approximate surface area is 130 Å². The number of hydrogen-bond donors (Lipinski definition) is 1. The molecule has 1 aromatic carbocycles. The van der Waals surface area contributed by atoms with Crippen molar-refractivity contribution in [2.75, 3.05) is 6.61 Å². The van der Waals surface area contributed by atoms with E-state index in [0.717, 1.165) is 17.6 Å². The maximum atomic E-state index is 12.2. The first-order chi connectivity index (χ1) is 10.4. The predicted octanol–water partition coefficient (Wildman–Crippen LogP) is 2.44. The molecule has 1 aliphatic heterocycles. The van der Waals surface area contributed by atoms with Crippen molar-refractivity contribution < 1.29 is 17.9 Å². The lowest BCUT2D eigenvalue weighted by molar-refractivity contribution is -0.119. The van der Waals surface area contributed by atoms with Crippen molar-refractivity contribution in [1.29, 1.82) is 0 Å². The van der Waals surface area contributed by atoms with Crippen LogP contribution in [0.1, 0.15) is 24.8 Å². The molecule has 0 fully saturated rings. The van der Waals surface area contributed by atoms with E-state index in [4.69, 9.17) is 4.74 Å². The number of hydrogen-bond acceptors (Lipinski definition) is 4. The van der Waals surface area contributed by atoms with Crippen LogP contribution < -0.4 is 4.72 Å². The Balaban J connectivity index is 2.23. The molecule has 1 aromatic rings. The van der Waals surface area contributed by atoms with Gasteiger partial charge in [0.1, 0.15) is 0 Å². The molecule has 0 aromatic heterocycles. The average Bonchev–Trinajstić information content (AvgIpc) is 2.48. The standard InChI is InChI=1S/C16H19NO4S/c1-3-5-13-6-4-11-21-15(13)16(18)17-22(19,20)14-9-7-12(2)8-10-14/h3,7-10H,1,4-6,11H2,2H3,(H,17,18). The Hall–Kier alpha value is -2.08. The fourth-order valence-corrected chi connectivity index (χ4v) is 3.16. The van der Waals surface area contributed by atoms with E-state index in [1.165, 1.54) is 12.1 Å². The third kappa shape index (κ3) is 3.76. The number of benzene rings is 1. The zero-order valence-electron chi connectivity index (χ0n) is 12.5. The zero-order chi connectivity index (χ0) is 16.2. The van der Waals surface area contributed by atoms with E-state index in [1.54, 1.807) is 18.2 Å². The van der Waals surface area contributed by atoms with Crippen LogP contribution in [0.3, 0.4) is 0 Å². The Morgan fingerprint density at radius 2 is 2.05 bits per heavy atom. The number of ether oxygens (including phenoxy) is 1. The summed E-state index contributed by atoms with van der Waals surface area (Å²) in [6.07, 6.45) is 3.70. The van der Waals surface area contributed by atoms with Crippen molar-refractivity contribution >= 4 is 15.9 Å². The summed E-state index contributed by atoms with van der Waals surface area (Å²) in [6.45, 7) is 5.91. The highest BCUT2D eigenvalue weighted by atomic mass is 32.2. The van der Waals surface area contributed by atoms with E-state index in [0.29, 0.717) is 19.4 Å². The average molecular weight is 321 g/mol. The lowest BCUT2D eigenvalue weighted by Gasteiger charge is -2.20. The molecule has 5 nitrogen and oxygen atoms in total. The first kappa shape index (κ1) is 16.3. The first-order valence-electron chi connectivity index (χ1n) is 7.03. The van der Waals surface area contributed by atoms with E-state index in [9.17, 15) is 13.2 Å². The van der Waals surface area contributed by atoms with Gasteiger partial charge in [-0.25, -0.2) is 13.1 Å². The Morgan fingerprint density at radius 3 is 2.68 bits per heavy atom. The van der Waals surface area contributed by atoms with Crippen molar-refractivity contribution in [2.24, 2.45) is 0 Å². The van der Waals surface area contributed by atoms with Gasteiger partial charge < -0.3 is 4.74 Å². The van der Waals surface area contributed by atoms with Crippen molar-refractivity contribution in [3.63, 3.8) is 0 Å². The molecule has 6 heteroatoms. The van der Waals surface area contributed by atoms with Crippen LogP contribution in [0.4, 0.5) is 0 Å². The molecule has 0 aliphatic carbocycles. The maximum Gasteiger partial charge on any atom is 0.300 e. The highest BCUT2D eigenvalue weighted by Crippen LogP contribution is 2.23. The van der Waals surface area contributed by atoms with Crippen LogP contribution in [0.2, 0.25) is 0 Å². The third-order valence-electron chi connectivity index (χ3n) is 3.35. The molecule has 0 unspecified atom stereocenters. The van der Waals surface area contributed by atoms with Crippen molar-refractivity contribution in [3.8, 4) is 0 Å². The summed E-state index contributed by atoms with van der Waals surface area (Å²) >= 11 is 0. The van der Waals surface area contributed by atoms with Gasteiger partial charge in [-0.05, 0) is 43.9 Å². The van der Waals surface area contributed by atoms with Crippen molar-refractivity contribution in [1.82, 2.24) is 4.72 Å². The molecule has 2 rings (SSSR count). The van der Waals surface area contributed by atoms with Crippen LogP contribution in [0.5, 0.6) is 0 Å². The molecule has 1 aliphatic rings. The molecule has 0 saturated heterocycles. The number of rotatable bonds is 5. The smallest absolute Gasteiger partial charge is 0.300 e. The van der Waals surface area contributed by atoms with Gasteiger partial charge in [0.15, 0.2) is 5.76 Å². The number of nitrogens with one attached hydrogen (secondary N) is 1. The quantitative estimate of drug-likeness (QED) is 0.846. The molecule has 118 valence electrons. The van der Waals surface area contributed by atoms with E-state index in [2.05, 4.69) is 11.3 Å². The van der Waals surface area contributed by atoms with E-state index < -0.39 is 15.9 Å². The summed E-state index contributed by atoms with van der Waals surface area (Å²) in [5, 5.41) is 0. The van der Waals surface area contributed by atoms with Crippen LogP contribution in [0, 0.1) is 6.92 Å². The van der Waals surface area contributed by atoms with Gasteiger partial charge in [-0.2, -0.15) is 0 Å². The van der Waals surface area contributed by atoms with Crippen LogP contribution in [0.15, 0.2) is 53.1 Å². The zero-order valence-corrected chi connectivity index (χ0v) is 13.3. The molecular formula is C16H19NO4S. The maximum absolute atomic E-state index is 12.2. The minimum atomic E-state index is -3.90. The minimum Gasteiger partial charge on any atom is -0.488 e. The van der Waals surface area contributed by atoms with Crippen molar-refractivity contribution in [2.45, 2.75) is 31.1 Å².